The summed E-state index contributed by atoms with van der Waals surface area (Å²) in [5.41, 5.74) is 9.24. The molecule has 0 saturated heterocycles. The second kappa shape index (κ2) is 8.97. The van der Waals surface area contributed by atoms with Gasteiger partial charge in [-0.2, -0.15) is 5.10 Å². The van der Waals surface area contributed by atoms with Gasteiger partial charge in [-0.15, -0.1) is 6.42 Å². The predicted molar refractivity (Wildman–Crippen MR) is 132 cm³/mol. The number of fused-ring (bicyclic) bond motifs is 1. The van der Waals surface area contributed by atoms with Crippen LogP contribution in [0.15, 0.2) is 78.2 Å². The van der Waals surface area contributed by atoms with E-state index in [0.717, 1.165) is 45.9 Å². The zero-order valence-electron chi connectivity index (χ0n) is 18.3. The van der Waals surface area contributed by atoms with E-state index in [2.05, 4.69) is 38.5 Å². The molecule has 0 unspecified atom stereocenters. The number of nitrogens with one attached hydrogen (secondary N) is 1. The van der Waals surface area contributed by atoms with E-state index in [1.165, 1.54) is 0 Å². The Morgan fingerprint density at radius 2 is 2.09 bits per heavy atom. The van der Waals surface area contributed by atoms with Crippen molar-refractivity contribution < 1.29 is 4.74 Å². The average molecular weight is 437 g/mol. The van der Waals surface area contributed by atoms with Gasteiger partial charge in [0.15, 0.2) is 6.73 Å². The summed E-state index contributed by atoms with van der Waals surface area (Å²) in [7, 11) is 1.91. The van der Waals surface area contributed by atoms with Gasteiger partial charge in [-0.05, 0) is 42.0 Å². The number of ether oxygens (including phenoxy) is 1. The van der Waals surface area contributed by atoms with Crippen molar-refractivity contribution in [3.8, 4) is 29.2 Å². The molecular weight excluding hydrogens is 412 g/mol. The highest BCUT2D eigenvalue weighted by Crippen LogP contribution is 2.31. The van der Waals surface area contributed by atoms with Crippen LogP contribution in [-0.2, 0) is 7.05 Å². The van der Waals surface area contributed by atoms with Gasteiger partial charge in [0.2, 0.25) is 0 Å². The van der Waals surface area contributed by atoms with Gasteiger partial charge >= 0.3 is 0 Å². The van der Waals surface area contributed by atoms with Gasteiger partial charge in [-0.25, -0.2) is 0 Å². The number of anilines is 2. The fourth-order valence-electron chi connectivity index (χ4n) is 3.79. The third-order valence-corrected chi connectivity index (χ3v) is 5.43. The van der Waals surface area contributed by atoms with Gasteiger partial charge < -0.3 is 9.64 Å². The summed E-state index contributed by atoms with van der Waals surface area (Å²) in [5, 5.41) is 6.32. The molecule has 2 aliphatic rings. The lowest BCUT2D eigenvalue weighted by atomic mass is 10.1. The molecule has 33 heavy (non-hydrogen) atoms. The van der Waals surface area contributed by atoms with Crippen molar-refractivity contribution in [2.45, 2.75) is 0 Å². The van der Waals surface area contributed by atoms with E-state index < -0.39 is 0 Å². The summed E-state index contributed by atoms with van der Waals surface area (Å²) >= 11 is 0. The average Bonchev–Trinajstić information content (AvgIpc) is 3.29. The largest absolute Gasteiger partial charge is 0.473 e. The summed E-state index contributed by atoms with van der Waals surface area (Å²) in [6.07, 6.45) is 19.4. The SMILES string of the molecule is C#Cc1ccc2c(c1)C=NCN2Nc1cc(OCN2C=CC=CC2)cc(-c2cnn(C)c2)c1. The molecule has 164 valence electrons. The Labute approximate surface area is 193 Å². The van der Waals surface area contributed by atoms with Gasteiger partial charge in [0.25, 0.3) is 0 Å². The number of hydrogen-bond donors (Lipinski definition) is 1. The fraction of sp³-hybridized carbons (Fsp3) is 0.154. The van der Waals surface area contributed by atoms with Crippen molar-refractivity contribution >= 4 is 17.6 Å². The number of rotatable bonds is 6. The first kappa shape index (κ1) is 20.5. The molecule has 0 radical (unpaired) electrons. The number of terminal acetylenes is 1. The summed E-state index contributed by atoms with van der Waals surface area (Å²) < 4.78 is 7.94. The van der Waals surface area contributed by atoms with Crippen LogP contribution in [0, 0.1) is 12.3 Å². The maximum absolute atomic E-state index is 6.15. The van der Waals surface area contributed by atoms with E-state index in [4.69, 9.17) is 11.2 Å². The standard InChI is InChI=1S/C26H24N6O/c1-3-20-7-8-26-22(11-20)15-27-18-32(26)29-24-12-21(23-16-28-30(2)17-23)13-25(14-24)33-19-31-9-5-4-6-10-31/h1,4-9,11-17,29H,10,18-19H2,2H3. The van der Waals surface area contributed by atoms with Crippen molar-refractivity contribution in [3.63, 3.8) is 0 Å². The molecule has 5 rings (SSSR count). The zero-order valence-corrected chi connectivity index (χ0v) is 18.3. The first-order valence-electron chi connectivity index (χ1n) is 10.7. The molecule has 2 aliphatic heterocycles. The second-order valence-corrected chi connectivity index (χ2v) is 7.87. The number of aryl methyl sites for hydroxylation is 1. The minimum atomic E-state index is 0.461. The summed E-state index contributed by atoms with van der Waals surface area (Å²) in [5.74, 6) is 3.45. The smallest absolute Gasteiger partial charge is 0.161 e. The molecule has 0 saturated carbocycles. The molecule has 0 atom stereocenters. The second-order valence-electron chi connectivity index (χ2n) is 7.87. The minimum Gasteiger partial charge on any atom is -0.473 e. The molecule has 1 N–H and O–H groups in total. The van der Waals surface area contributed by atoms with Gasteiger partial charge in [-0.1, -0.05) is 18.1 Å². The number of benzene rings is 2. The highest BCUT2D eigenvalue weighted by molar-refractivity contribution is 5.91. The molecular formula is C26H24N6O. The molecule has 7 nitrogen and oxygen atoms in total. The minimum absolute atomic E-state index is 0.461. The number of aromatic nitrogens is 2. The van der Waals surface area contributed by atoms with Gasteiger partial charge in [0.05, 0.1) is 17.6 Å². The molecule has 0 fully saturated rings. The Morgan fingerprint density at radius 1 is 1.15 bits per heavy atom. The van der Waals surface area contributed by atoms with E-state index in [9.17, 15) is 0 Å². The molecule has 0 aliphatic carbocycles. The molecule has 0 bridgehead atoms. The van der Waals surface area contributed by atoms with E-state index in [0.29, 0.717) is 13.4 Å². The van der Waals surface area contributed by atoms with Crippen LogP contribution >= 0.6 is 0 Å². The fourth-order valence-corrected chi connectivity index (χ4v) is 3.79. The quantitative estimate of drug-likeness (QED) is 0.592. The lowest BCUT2D eigenvalue weighted by Crippen LogP contribution is -2.33. The van der Waals surface area contributed by atoms with Crippen molar-refractivity contribution in [3.05, 3.63) is 84.3 Å². The maximum Gasteiger partial charge on any atom is 0.161 e. The van der Waals surface area contributed by atoms with Gasteiger partial charge in [0, 0.05) is 55.0 Å². The monoisotopic (exact) mass is 436 g/mol. The highest BCUT2D eigenvalue weighted by atomic mass is 16.5. The zero-order chi connectivity index (χ0) is 22.6. The predicted octanol–water partition coefficient (Wildman–Crippen LogP) is 4.01. The van der Waals surface area contributed by atoms with Crippen LogP contribution in [0.1, 0.15) is 11.1 Å². The van der Waals surface area contributed by atoms with Crippen molar-refractivity contribution in [1.82, 2.24) is 14.7 Å². The first-order valence-corrected chi connectivity index (χ1v) is 10.7. The Bertz CT molecular complexity index is 1300. The highest BCUT2D eigenvalue weighted by Gasteiger charge is 2.16. The molecule has 2 aromatic carbocycles. The van der Waals surface area contributed by atoms with E-state index in [1.807, 2.05) is 79.3 Å². The van der Waals surface area contributed by atoms with E-state index in [1.54, 1.807) is 4.68 Å². The molecule has 7 heteroatoms. The molecule has 3 aromatic rings. The summed E-state index contributed by atoms with van der Waals surface area (Å²) in [4.78, 5) is 6.58. The van der Waals surface area contributed by atoms with Crippen LogP contribution in [0.4, 0.5) is 11.4 Å². The molecule has 1 aromatic heterocycles. The number of hydrogen-bond acceptors (Lipinski definition) is 6. The van der Waals surface area contributed by atoms with Crippen molar-refractivity contribution in [2.75, 3.05) is 30.4 Å². The van der Waals surface area contributed by atoms with E-state index >= 15 is 0 Å². The first-order chi connectivity index (χ1) is 16.2. The number of hydrazine groups is 1. The van der Waals surface area contributed by atoms with Crippen LogP contribution in [0.5, 0.6) is 5.75 Å². The third-order valence-electron chi connectivity index (χ3n) is 5.43. The van der Waals surface area contributed by atoms with Crippen LogP contribution in [-0.4, -0.2) is 40.8 Å². The van der Waals surface area contributed by atoms with Crippen LogP contribution in [0.25, 0.3) is 11.1 Å². The van der Waals surface area contributed by atoms with Crippen LogP contribution in [0.3, 0.4) is 0 Å². The van der Waals surface area contributed by atoms with E-state index in [-0.39, 0.29) is 0 Å². The van der Waals surface area contributed by atoms with Crippen molar-refractivity contribution in [1.29, 1.82) is 0 Å². The molecule has 0 amide bonds. The topological polar surface area (TPSA) is 57.9 Å². The molecule has 3 heterocycles. The number of nitrogens with zero attached hydrogens (tertiary/aromatic N) is 5. The van der Waals surface area contributed by atoms with Gasteiger partial charge in [-0.3, -0.25) is 20.1 Å². The third kappa shape index (κ3) is 4.60. The Kier molecular flexibility index (Phi) is 5.56. The molecule has 0 spiro atoms. The Hall–Kier alpha value is -4.44. The lowest BCUT2D eigenvalue weighted by Gasteiger charge is -2.29. The lowest BCUT2D eigenvalue weighted by molar-refractivity contribution is 0.183. The Morgan fingerprint density at radius 3 is 2.88 bits per heavy atom. The van der Waals surface area contributed by atoms with Gasteiger partial charge in [0.1, 0.15) is 12.4 Å². The Balaban J connectivity index is 1.43. The normalized spacial score (nSPS) is 14.2. The number of aliphatic imine (C=N–C) groups is 1. The number of allylic oxidation sites excluding steroid dienone is 2. The summed E-state index contributed by atoms with van der Waals surface area (Å²) in [6, 6.07) is 12.0. The van der Waals surface area contributed by atoms with Crippen molar-refractivity contribution in [2.24, 2.45) is 12.0 Å². The maximum atomic E-state index is 6.15. The van der Waals surface area contributed by atoms with Crippen LogP contribution in [0.2, 0.25) is 0 Å². The van der Waals surface area contributed by atoms with Crippen LogP contribution < -0.4 is 15.2 Å². The summed E-state index contributed by atoms with van der Waals surface area (Å²) in [6.45, 7) is 1.77.